The van der Waals surface area contributed by atoms with E-state index in [1.807, 2.05) is 19.2 Å². The summed E-state index contributed by atoms with van der Waals surface area (Å²) in [7, 11) is 5.98. The minimum Gasteiger partial charge on any atom is -0.346 e. The third kappa shape index (κ3) is 6.39. The predicted octanol–water partition coefficient (Wildman–Crippen LogP) is 2.59. The molecule has 0 atom stereocenters. The zero-order chi connectivity index (χ0) is 15.2. The summed E-state index contributed by atoms with van der Waals surface area (Å²) >= 11 is 0. The molecule has 0 bridgehead atoms. The summed E-state index contributed by atoms with van der Waals surface area (Å²) in [5, 5.41) is 7.12. The van der Waals surface area contributed by atoms with Crippen LogP contribution in [0.1, 0.15) is 6.42 Å². The SMILES string of the molecule is CNCCC(=O)Nc1ccc2ccn(CCN(C)C)c2c1.Cl.Cl. The second-order valence-corrected chi connectivity index (χ2v) is 5.49. The van der Waals surface area contributed by atoms with Crippen LogP contribution in [-0.4, -0.2) is 49.6 Å². The van der Waals surface area contributed by atoms with Crippen molar-refractivity contribution in [2.45, 2.75) is 13.0 Å². The normalized spacial score (nSPS) is 10.3. The van der Waals surface area contributed by atoms with E-state index in [4.69, 9.17) is 0 Å². The van der Waals surface area contributed by atoms with E-state index in [0.29, 0.717) is 13.0 Å². The van der Waals surface area contributed by atoms with Crippen molar-refractivity contribution in [3.63, 3.8) is 0 Å². The van der Waals surface area contributed by atoms with Crippen LogP contribution in [0, 0.1) is 0 Å². The molecule has 0 aliphatic rings. The lowest BCUT2D eigenvalue weighted by atomic mass is 10.2. The van der Waals surface area contributed by atoms with E-state index < -0.39 is 0 Å². The fourth-order valence-electron chi connectivity index (χ4n) is 2.23. The second kappa shape index (κ2) is 10.5. The number of halogens is 2. The Kier molecular flexibility index (Phi) is 9.91. The number of benzene rings is 1. The maximum atomic E-state index is 11.8. The Morgan fingerprint density at radius 3 is 2.61 bits per heavy atom. The molecule has 1 heterocycles. The number of amides is 1. The molecule has 0 radical (unpaired) electrons. The lowest BCUT2D eigenvalue weighted by molar-refractivity contribution is -0.116. The van der Waals surface area contributed by atoms with Gasteiger partial charge in [0.15, 0.2) is 0 Å². The molecular weight excluding hydrogens is 335 g/mol. The number of carbonyl (C=O) groups excluding carboxylic acids is 1. The van der Waals surface area contributed by atoms with Crippen LogP contribution in [0.5, 0.6) is 0 Å². The van der Waals surface area contributed by atoms with Crippen molar-refractivity contribution in [2.75, 3.05) is 39.5 Å². The van der Waals surface area contributed by atoms with Crippen LogP contribution < -0.4 is 10.6 Å². The number of carbonyl (C=O) groups is 1. The first-order valence-electron chi connectivity index (χ1n) is 7.28. The molecule has 2 aromatic rings. The number of hydrogen-bond acceptors (Lipinski definition) is 3. The molecule has 0 aliphatic carbocycles. The van der Waals surface area contributed by atoms with E-state index in [-0.39, 0.29) is 30.7 Å². The molecule has 0 aliphatic heterocycles. The van der Waals surface area contributed by atoms with E-state index in [1.54, 1.807) is 0 Å². The van der Waals surface area contributed by atoms with Gasteiger partial charge in [0.05, 0.1) is 5.52 Å². The van der Waals surface area contributed by atoms with Crippen molar-refractivity contribution < 1.29 is 4.79 Å². The molecule has 0 saturated heterocycles. The number of fused-ring (bicyclic) bond motifs is 1. The number of rotatable bonds is 7. The highest BCUT2D eigenvalue weighted by Gasteiger charge is 2.05. The lowest BCUT2D eigenvalue weighted by Gasteiger charge is -2.12. The molecule has 130 valence electrons. The fraction of sp³-hybridized carbons (Fsp3) is 0.438. The third-order valence-corrected chi connectivity index (χ3v) is 3.45. The van der Waals surface area contributed by atoms with Crippen LogP contribution in [0.2, 0.25) is 0 Å². The van der Waals surface area contributed by atoms with Crippen LogP contribution >= 0.6 is 24.8 Å². The van der Waals surface area contributed by atoms with E-state index in [9.17, 15) is 4.79 Å². The summed E-state index contributed by atoms with van der Waals surface area (Å²) in [6.45, 7) is 2.61. The van der Waals surface area contributed by atoms with Gasteiger partial charge in [-0.3, -0.25) is 4.79 Å². The lowest BCUT2D eigenvalue weighted by Crippen LogP contribution is -2.19. The Morgan fingerprint density at radius 1 is 1.22 bits per heavy atom. The van der Waals surface area contributed by atoms with Crippen LogP contribution in [0.25, 0.3) is 10.9 Å². The highest BCUT2D eigenvalue weighted by atomic mass is 35.5. The van der Waals surface area contributed by atoms with Gasteiger partial charge in [0.25, 0.3) is 0 Å². The summed E-state index contributed by atoms with van der Waals surface area (Å²) in [4.78, 5) is 13.9. The van der Waals surface area contributed by atoms with Gasteiger partial charge in [0.1, 0.15) is 0 Å². The molecule has 0 spiro atoms. The van der Waals surface area contributed by atoms with Gasteiger partial charge in [-0.05, 0) is 44.7 Å². The van der Waals surface area contributed by atoms with Gasteiger partial charge >= 0.3 is 0 Å². The van der Waals surface area contributed by atoms with Gasteiger partial charge in [-0.15, -0.1) is 24.8 Å². The largest absolute Gasteiger partial charge is 0.346 e. The third-order valence-electron chi connectivity index (χ3n) is 3.45. The smallest absolute Gasteiger partial charge is 0.225 e. The quantitative estimate of drug-likeness (QED) is 0.797. The summed E-state index contributed by atoms with van der Waals surface area (Å²) < 4.78 is 2.22. The molecule has 1 aromatic heterocycles. The average Bonchev–Trinajstić information content (AvgIpc) is 2.85. The molecule has 23 heavy (non-hydrogen) atoms. The van der Waals surface area contributed by atoms with Gasteiger partial charge in [-0.2, -0.15) is 0 Å². The second-order valence-electron chi connectivity index (χ2n) is 5.49. The highest BCUT2D eigenvalue weighted by Crippen LogP contribution is 2.20. The summed E-state index contributed by atoms with van der Waals surface area (Å²) in [6, 6.07) is 8.16. The summed E-state index contributed by atoms with van der Waals surface area (Å²) in [5.74, 6) is 0.0371. The number of anilines is 1. The molecule has 0 saturated carbocycles. The Bertz CT molecular complexity index is 613. The van der Waals surface area contributed by atoms with Gasteiger partial charge < -0.3 is 20.1 Å². The maximum Gasteiger partial charge on any atom is 0.225 e. The van der Waals surface area contributed by atoms with E-state index in [0.717, 1.165) is 24.3 Å². The summed E-state index contributed by atoms with van der Waals surface area (Å²) in [5.41, 5.74) is 2.01. The predicted molar refractivity (Wildman–Crippen MR) is 102 cm³/mol. The van der Waals surface area contributed by atoms with Crippen molar-refractivity contribution in [3.8, 4) is 0 Å². The van der Waals surface area contributed by atoms with Crippen molar-refractivity contribution >= 4 is 47.3 Å². The topological polar surface area (TPSA) is 49.3 Å². The minimum atomic E-state index is 0. The first-order valence-corrected chi connectivity index (χ1v) is 7.28. The van der Waals surface area contributed by atoms with E-state index >= 15 is 0 Å². The first-order chi connectivity index (χ1) is 10.1. The van der Waals surface area contributed by atoms with Crippen molar-refractivity contribution in [2.24, 2.45) is 0 Å². The molecule has 1 aromatic carbocycles. The summed E-state index contributed by atoms with van der Waals surface area (Å²) in [6.07, 6.45) is 2.58. The average molecular weight is 361 g/mol. The fourth-order valence-corrected chi connectivity index (χ4v) is 2.23. The van der Waals surface area contributed by atoms with Gasteiger partial charge in [-0.25, -0.2) is 0 Å². The molecule has 1 amide bonds. The molecular formula is C16H26Cl2N4O. The van der Waals surface area contributed by atoms with Crippen LogP contribution in [0.3, 0.4) is 0 Å². The van der Waals surface area contributed by atoms with Crippen molar-refractivity contribution in [1.82, 2.24) is 14.8 Å². The Labute approximate surface area is 150 Å². The zero-order valence-corrected chi connectivity index (χ0v) is 15.5. The Hall–Kier alpha value is -1.27. The Balaban J connectivity index is 0.00000242. The molecule has 5 nitrogen and oxygen atoms in total. The van der Waals surface area contributed by atoms with Crippen LogP contribution in [0.4, 0.5) is 5.69 Å². The van der Waals surface area contributed by atoms with Gasteiger partial charge in [0, 0.05) is 37.9 Å². The number of nitrogens with zero attached hydrogens (tertiary/aromatic N) is 2. The number of aromatic nitrogens is 1. The van der Waals surface area contributed by atoms with Gasteiger partial charge in [0.2, 0.25) is 5.91 Å². The van der Waals surface area contributed by atoms with Gasteiger partial charge in [-0.1, -0.05) is 6.07 Å². The monoisotopic (exact) mass is 360 g/mol. The first kappa shape index (κ1) is 21.7. The molecule has 0 unspecified atom stereocenters. The van der Waals surface area contributed by atoms with E-state index in [2.05, 4.69) is 52.5 Å². The molecule has 0 fully saturated rings. The molecule has 2 rings (SSSR count). The van der Waals surface area contributed by atoms with Crippen molar-refractivity contribution in [3.05, 3.63) is 30.5 Å². The Morgan fingerprint density at radius 2 is 1.96 bits per heavy atom. The number of hydrogen-bond donors (Lipinski definition) is 2. The van der Waals surface area contributed by atoms with Crippen LogP contribution in [-0.2, 0) is 11.3 Å². The standard InChI is InChI=1S/C16H24N4O.2ClH/c1-17-8-6-16(21)18-14-5-4-13-7-9-20(15(13)12-14)11-10-19(2)3;;/h4-5,7,9,12,17H,6,8,10-11H2,1-3H3,(H,18,21);2*1H. The highest BCUT2D eigenvalue weighted by molar-refractivity contribution is 5.93. The molecule has 2 N–H and O–H groups in total. The zero-order valence-electron chi connectivity index (χ0n) is 13.8. The number of likely N-dealkylation sites (N-methyl/N-ethyl adjacent to an activating group) is 1. The minimum absolute atomic E-state index is 0. The number of nitrogens with one attached hydrogen (secondary N) is 2. The van der Waals surface area contributed by atoms with Crippen LogP contribution in [0.15, 0.2) is 30.5 Å². The van der Waals surface area contributed by atoms with Crippen molar-refractivity contribution in [1.29, 1.82) is 0 Å². The molecule has 7 heteroatoms. The maximum absolute atomic E-state index is 11.8. The van der Waals surface area contributed by atoms with E-state index in [1.165, 1.54) is 5.39 Å².